The highest BCUT2D eigenvalue weighted by Gasteiger charge is 2.24. The summed E-state index contributed by atoms with van der Waals surface area (Å²) in [5.41, 5.74) is 2.43. The van der Waals surface area contributed by atoms with E-state index in [2.05, 4.69) is 16.8 Å². The van der Waals surface area contributed by atoms with Crippen LogP contribution in [0.4, 0.5) is 0 Å². The van der Waals surface area contributed by atoms with Gasteiger partial charge in [0, 0.05) is 37.2 Å². The van der Waals surface area contributed by atoms with Gasteiger partial charge in [0.05, 0.1) is 6.54 Å². The lowest BCUT2D eigenvalue weighted by Crippen LogP contribution is -2.37. The first-order chi connectivity index (χ1) is 12.7. The molecule has 4 rings (SSSR count). The summed E-state index contributed by atoms with van der Waals surface area (Å²) >= 11 is 1.76. The molecule has 136 valence electrons. The number of nitrogens with zero attached hydrogens (tertiary/aromatic N) is 1. The number of fused-ring (bicyclic) bond motifs is 2. The Hall–Kier alpha value is -2.34. The fourth-order valence-corrected chi connectivity index (χ4v) is 4.41. The molecule has 1 atom stereocenters. The van der Waals surface area contributed by atoms with Gasteiger partial charge in [0.15, 0.2) is 0 Å². The van der Waals surface area contributed by atoms with Crippen LogP contribution in [-0.4, -0.2) is 35.9 Å². The minimum Gasteiger partial charge on any atom is -0.488 e. The van der Waals surface area contributed by atoms with Crippen molar-refractivity contribution in [2.45, 2.75) is 38.3 Å². The van der Waals surface area contributed by atoms with Crippen LogP contribution in [-0.2, 0) is 29.0 Å². The smallest absolute Gasteiger partial charge is 0.223 e. The number of hydrogen-bond donors (Lipinski definition) is 1. The minimum atomic E-state index is -0.0915. The van der Waals surface area contributed by atoms with Crippen molar-refractivity contribution in [2.24, 2.45) is 0 Å². The lowest BCUT2D eigenvalue weighted by molar-refractivity contribution is -0.134. The molecule has 5 nitrogen and oxygen atoms in total. The quantitative estimate of drug-likeness (QED) is 0.880. The van der Waals surface area contributed by atoms with Gasteiger partial charge in [-0.25, -0.2) is 0 Å². The molecule has 2 amide bonds. The molecule has 6 heteroatoms. The van der Waals surface area contributed by atoms with Gasteiger partial charge in [0.1, 0.15) is 11.9 Å². The number of benzene rings is 1. The Morgan fingerprint density at radius 3 is 2.96 bits per heavy atom. The van der Waals surface area contributed by atoms with E-state index in [0.29, 0.717) is 13.1 Å². The fourth-order valence-electron chi connectivity index (χ4n) is 3.52. The monoisotopic (exact) mass is 370 g/mol. The fraction of sp³-hybridized carbons (Fsp3) is 0.400. The number of thiophene rings is 1. The van der Waals surface area contributed by atoms with Crippen molar-refractivity contribution in [1.82, 2.24) is 10.2 Å². The highest BCUT2D eigenvalue weighted by Crippen LogP contribution is 2.28. The summed E-state index contributed by atoms with van der Waals surface area (Å²) in [5.74, 6) is 0.868. The van der Waals surface area contributed by atoms with E-state index in [1.165, 1.54) is 16.0 Å². The van der Waals surface area contributed by atoms with Gasteiger partial charge in [0.2, 0.25) is 11.8 Å². The third-order valence-corrected chi connectivity index (χ3v) is 5.99. The lowest BCUT2D eigenvalue weighted by atomic mass is 10.1. The Bertz CT molecular complexity index is 792. The molecule has 0 fully saturated rings. The molecular weight excluding hydrogens is 348 g/mol. The van der Waals surface area contributed by atoms with E-state index >= 15 is 0 Å². The summed E-state index contributed by atoms with van der Waals surface area (Å²) in [6.07, 6.45) is 2.20. The number of hydrogen-bond acceptors (Lipinski definition) is 4. The van der Waals surface area contributed by atoms with Crippen molar-refractivity contribution >= 4 is 23.2 Å². The van der Waals surface area contributed by atoms with E-state index in [1.807, 2.05) is 29.2 Å². The zero-order chi connectivity index (χ0) is 17.9. The van der Waals surface area contributed by atoms with E-state index in [-0.39, 0.29) is 30.8 Å². The van der Waals surface area contributed by atoms with E-state index in [1.54, 1.807) is 11.3 Å². The highest BCUT2D eigenvalue weighted by molar-refractivity contribution is 7.10. The Kier molecular flexibility index (Phi) is 4.93. The van der Waals surface area contributed by atoms with Crippen LogP contribution in [0, 0.1) is 0 Å². The molecule has 0 unspecified atom stereocenters. The van der Waals surface area contributed by atoms with Gasteiger partial charge in [-0.05, 0) is 35.1 Å². The van der Waals surface area contributed by atoms with Crippen LogP contribution in [0.1, 0.15) is 28.8 Å². The number of carbonyl (C=O) groups is 2. The number of para-hydroxylation sites is 1. The van der Waals surface area contributed by atoms with Gasteiger partial charge in [-0.2, -0.15) is 0 Å². The number of carbonyl (C=O) groups excluding carboxylic acids is 2. The van der Waals surface area contributed by atoms with Crippen LogP contribution in [0.2, 0.25) is 0 Å². The average molecular weight is 370 g/mol. The predicted molar refractivity (Wildman–Crippen MR) is 100 cm³/mol. The second kappa shape index (κ2) is 7.50. The molecule has 0 saturated carbocycles. The average Bonchev–Trinajstić information content (AvgIpc) is 3.29. The molecule has 1 aromatic heterocycles. The molecule has 2 aliphatic heterocycles. The molecule has 2 aromatic rings. The maximum atomic E-state index is 12.4. The third-order valence-electron chi connectivity index (χ3n) is 4.97. The molecule has 1 N–H and O–H groups in total. The van der Waals surface area contributed by atoms with Crippen molar-refractivity contribution in [3.63, 3.8) is 0 Å². The topological polar surface area (TPSA) is 58.6 Å². The van der Waals surface area contributed by atoms with Gasteiger partial charge < -0.3 is 15.0 Å². The predicted octanol–water partition coefficient (Wildman–Crippen LogP) is 2.53. The molecule has 3 heterocycles. The van der Waals surface area contributed by atoms with Gasteiger partial charge in [-0.1, -0.05) is 18.2 Å². The van der Waals surface area contributed by atoms with E-state index in [4.69, 9.17) is 4.74 Å². The third kappa shape index (κ3) is 3.75. The Balaban J connectivity index is 1.18. The molecule has 0 radical (unpaired) electrons. The first-order valence-electron chi connectivity index (χ1n) is 9.03. The molecule has 1 aromatic carbocycles. The second-order valence-corrected chi connectivity index (χ2v) is 7.79. The summed E-state index contributed by atoms with van der Waals surface area (Å²) in [5, 5.41) is 4.98. The SMILES string of the molecule is O=C(CCC(=O)N1CCc2sccc2C1)NC[C@H]1Cc2ccccc2O1. The largest absolute Gasteiger partial charge is 0.488 e. The van der Waals surface area contributed by atoms with Gasteiger partial charge in [0.25, 0.3) is 0 Å². The molecule has 2 aliphatic rings. The zero-order valence-corrected chi connectivity index (χ0v) is 15.4. The van der Waals surface area contributed by atoms with Crippen LogP contribution in [0.25, 0.3) is 0 Å². The van der Waals surface area contributed by atoms with E-state index in [0.717, 1.165) is 25.1 Å². The normalized spacial score (nSPS) is 18.0. The molecule has 0 aliphatic carbocycles. The van der Waals surface area contributed by atoms with Gasteiger partial charge in [-0.3, -0.25) is 9.59 Å². The molecule has 26 heavy (non-hydrogen) atoms. The maximum Gasteiger partial charge on any atom is 0.223 e. The standard InChI is InChI=1S/C20H22N2O3S/c23-19(21-12-16-11-14-3-1-2-4-17(14)25-16)5-6-20(24)22-9-7-18-15(13-22)8-10-26-18/h1-4,8,10,16H,5-7,9,11-13H2,(H,21,23)/t16-/m1/s1. The van der Waals surface area contributed by atoms with Crippen LogP contribution in [0.15, 0.2) is 35.7 Å². The number of amides is 2. The maximum absolute atomic E-state index is 12.4. The van der Waals surface area contributed by atoms with Crippen molar-refractivity contribution in [2.75, 3.05) is 13.1 Å². The summed E-state index contributed by atoms with van der Waals surface area (Å²) in [7, 11) is 0. The molecular formula is C20H22N2O3S. The van der Waals surface area contributed by atoms with Crippen molar-refractivity contribution in [3.8, 4) is 5.75 Å². The van der Waals surface area contributed by atoms with E-state index in [9.17, 15) is 9.59 Å². The summed E-state index contributed by atoms with van der Waals surface area (Å²) in [4.78, 5) is 27.7. The van der Waals surface area contributed by atoms with Crippen LogP contribution in [0.3, 0.4) is 0 Å². The van der Waals surface area contributed by atoms with E-state index < -0.39 is 0 Å². The van der Waals surface area contributed by atoms with Crippen LogP contribution in [0.5, 0.6) is 5.75 Å². The number of rotatable bonds is 5. The van der Waals surface area contributed by atoms with Crippen LogP contribution < -0.4 is 10.1 Å². The summed E-state index contributed by atoms with van der Waals surface area (Å²) in [6, 6.07) is 10.0. The van der Waals surface area contributed by atoms with Gasteiger partial charge >= 0.3 is 0 Å². The van der Waals surface area contributed by atoms with Crippen molar-refractivity contribution < 1.29 is 14.3 Å². The van der Waals surface area contributed by atoms with Gasteiger partial charge in [-0.15, -0.1) is 11.3 Å². The Morgan fingerprint density at radius 1 is 1.19 bits per heavy atom. The zero-order valence-electron chi connectivity index (χ0n) is 14.6. The number of nitrogens with one attached hydrogen (secondary N) is 1. The summed E-state index contributed by atoms with van der Waals surface area (Å²) in [6.45, 7) is 1.90. The molecule has 0 bridgehead atoms. The molecule has 0 spiro atoms. The van der Waals surface area contributed by atoms with Crippen molar-refractivity contribution in [3.05, 3.63) is 51.7 Å². The second-order valence-electron chi connectivity index (χ2n) is 6.79. The highest BCUT2D eigenvalue weighted by atomic mass is 32.1. The Labute approximate surface area is 157 Å². The van der Waals surface area contributed by atoms with Crippen molar-refractivity contribution in [1.29, 1.82) is 0 Å². The molecule has 0 saturated heterocycles. The first-order valence-corrected chi connectivity index (χ1v) is 9.91. The first kappa shape index (κ1) is 17.1. The minimum absolute atomic E-state index is 0.0221. The number of ether oxygens (including phenoxy) is 1. The summed E-state index contributed by atoms with van der Waals surface area (Å²) < 4.78 is 5.81. The Morgan fingerprint density at radius 2 is 2.08 bits per heavy atom. The lowest BCUT2D eigenvalue weighted by Gasteiger charge is -2.27. The van der Waals surface area contributed by atoms with Crippen LogP contribution >= 0.6 is 11.3 Å².